The monoisotopic (exact) mass is 756 g/mol. The number of ether oxygens (including phenoxy) is 1. The molecule has 12 nitrogen and oxygen atoms in total. The molecule has 2 aliphatic carbocycles. The van der Waals surface area contributed by atoms with Crippen molar-refractivity contribution in [3.8, 4) is 33.6 Å². The van der Waals surface area contributed by atoms with Crippen LogP contribution in [-0.4, -0.2) is 74.0 Å². The number of aromatic nitrogens is 5. The van der Waals surface area contributed by atoms with E-state index in [4.69, 9.17) is 4.74 Å². The van der Waals surface area contributed by atoms with Gasteiger partial charge in [0.15, 0.2) is 0 Å². The summed E-state index contributed by atoms with van der Waals surface area (Å²) in [4.78, 5) is 58.4. The zero-order chi connectivity index (χ0) is 39.0. The molecule has 4 N–H and O–H groups in total. The number of likely N-dealkylation sites (tertiary alicyclic amines) is 1. The van der Waals surface area contributed by atoms with Gasteiger partial charge in [-0.15, -0.1) is 0 Å². The first kappa shape index (κ1) is 38.5. The van der Waals surface area contributed by atoms with Crippen molar-refractivity contribution < 1.29 is 19.1 Å². The highest BCUT2D eigenvalue weighted by Crippen LogP contribution is 2.48. The molecule has 5 atom stereocenters. The predicted molar refractivity (Wildman–Crippen MR) is 215 cm³/mol. The molecule has 0 spiro atoms. The van der Waals surface area contributed by atoms with Crippen LogP contribution in [0.4, 0.5) is 4.79 Å². The lowest BCUT2D eigenvalue weighted by atomic mass is 9.88. The van der Waals surface area contributed by atoms with Crippen LogP contribution < -0.4 is 10.6 Å². The second-order valence-electron chi connectivity index (χ2n) is 15.5. The Bertz CT molecular complexity index is 2050. The summed E-state index contributed by atoms with van der Waals surface area (Å²) in [7, 11) is 1.30. The fourth-order valence-electron chi connectivity index (χ4n) is 8.52. The first-order valence-corrected chi connectivity index (χ1v) is 19.8. The zero-order valence-corrected chi connectivity index (χ0v) is 32.4. The number of pyridine rings is 1. The van der Waals surface area contributed by atoms with Crippen LogP contribution in [0.3, 0.4) is 0 Å². The van der Waals surface area contributed by atoms with Crippen molar-refractivity contribution in [2.75, 3.05) is 20.2 Å². The smallest absolute Gasteiger partial charge is 0.407 e. The highest BCUT2D eigenvalue weighted by Gasteiger charge is 2.43. The maximum absolute atomic E-state index is 13.4. The Kier molecular flexibility index (Phi) is 12.2. The van der Waals surface area contributed by atoms with Crippen LogP contribution >= 0.6 is 0 Å². The number of H-pyrrole nitrogens is 2. The molecule has 3 aromatic heterocycles. The summed E-state index contributed by atoms with van der Waals surface area (Å²) in [6.07, 6.45) is 15.9. The van der Waals surface area contributed by atoms with Crippen LogP contribution in [-0.2, 0) is 20.7 Å². The number of nitrogens with zero attached hydrogens (tertiary/aromatic N) is 4. The van der Waals surface area contributed by atoms with Gasteiger partial charge in [0.05, 0.1) is 43.3 Å². The number of carbonyl (C=O) groups excluding carboxylic acids is 3. The standard InChI is InChI=1S/C29H32N6O3.C15H20N2O/c1-18(2)26(34-29(37)38-3)28(36)35-14-4-5-25(35)27-31-16-24(33-27)22-12-8-20(9-13-22)19-6-10-21(11-7-19)23-15-30-17-32-23;18-15(14-10-12-1-2-13(14)9-12)17-8-5-11-3-6-16-7-4-11/h6-13,15-18,25-26H,4-5,14H2,1-3H3,(H,30,32)(H,31,33)(H,34,37);3-4,6-7,12-14H,1-2,5,8-10H2,(H,17,18). The minimum Gasteiger partial charge on any atom is -0.453 e. The number of imidazole rings is 2. The van der Waals surface area contributed by atoms with Gasteiger partial charge in [0.1, 0.15) is 11.9 Å². The molecule has 5 aromatic rings. The van der Waals surface area contributed by atoms with Crippen molar-refractivity contribution in [2.24, 2.45) is 23.7 Å². The number of carbonyl (C=O) groups is 3. The number of methoxy groups -OCH3 is 1. The lowest BCUT2D eigenvalue weighted by Gasteiger charge is -2.30. The minimum absolute atomic E-state index is 0.0739. The van der Waals surface area contributed by atoms with Crippen LogP contribution in [0.2, 0.25) is 0 Å². The number of fused-ring (bicyclic) bond motifs is 2. The molecule has 0 radical (unpaired) electrons. The highest BCUT2D eigenvalue weighted by atomic mass is 16.5. The van der Waals surface area contributed by atoms with Crippen molar-refractivity contribution in [2.45, 2.75) is 70.9 Å². The number of rotatable bonds is 11. The number of alkyl carbamates (subject to hydrolysis) is 1. The van der Waals surface area contributed by atoms with E-state index in [-0.39, 0.29) is 23.8 Å². The second kappa shape index (κ2) is 17.8. The Morgan fingerprint density at radius 3 is 2.16 bits per heavy atom. The molecule has 3 aliphatic rings. The van der Waals surface area contributed by atoms with Gasteiger partial charge in [-0.1, -0.05) is 68.8 Å². The summed E-state index contributed by atoms with van der Waals surface area (Å²) in [6, 6.07) is 19.9. The molecule has 8 rings (SSSR count). The summed E-state index contributed by atoms with van der Waals surface area (Å²) in [6.45, 7) is 5.19. The van der Waals surface area contributed by atoms with Crippen molar-refractivity contribution in [3.05, 3.63) is 103 Å². The maximum atomic E-state index is 13.4. The predicted octanol–water partition coefficient (Wildman–Crippen LogP) is 7.35. The number of aromatic amines is 2. The molecule has 2 bridgehead atoms. The Morgan fingerprint density at radius 1 is 0.857 bits per heavy atom. The van der Waals surface area contributed by atoms with E-state index in [9.17, 15) is 14.4 Å². The van der Waals surface area contributed by atoms with E-state index < -0.39 is 12.1 Å². The van der Waals surface area contributed by atoms with E-state index in [2.05, 4.69) is 84.1 Å². The Labute approximate surface area is 328 Å². The van der Waals surface area contributed by atoms with Gasteiger partial charge in [0, 0.05) is 31.4 Å². The average molecular weight is 757 g/mol. The highest BCUT2D eigenvalue weighted by molar-refractivity contribution is 5.86. The Balaban J connectivity index is 0.000000222. The Hall–Kier alpha value is -5.78. The number of hydrogen-bond acceptors (Lipinski definition) is 7. The SMILES string of the molecule is COC(=O)NC(C(=O)N1CCCC1c1ncc(-c2ccc(-c3ccc(-c4cnc[nH]4)cc3)cc2)[nH]1)C(C)C.O=C(NCCc1ccncc1)C1CC2CCC1C2. The number of amides is 3. The lowest BCUT2D eigenvalue weighted by molar-refractivity contribution is -0.135. The summed E-state index contributed by atoms with van der Waals surface area (Å²) >= 11 is 0. The van der Waals surface area contributed by atoms with Gasteiger partial charge >= 0.3 is 6.09 Å². The van der Waals surface area contributed by atoms with Crippen molar-refractivity contribution >= 4 is 17.9 Å². The summed E-state index contributed by atoms with van der Waals surface area (Å²) in [5.41, 5.74) is 7.48. The normalized spacial score (nSPS) is 20.3. The fraction of sp³-hybridized carbons (Fsp3) is 0.409. The van der Waals surface area contributed by atoms with Gasteiger partial charge in [0.2, 0.25) is 11.8 Å². The summed E-state index contributed by atoms with van der Waals surface area (Å²) in [5.74, 6) is 2.67. The third-order valence-corrected chi connectivity index (χ3v) is 11.6. The van der Waals surface area contributed by atoms with Crippen molar-refractivity contribution in [3.63, 3.8) is 0 Å². The maximum Gasteiger partial charge on any atom is 0.407 e. The molecule has 1 aliphatic heterocycles. The van der Waals surface area contributed by atoms with E-state index in [1.54, 1.807) is 18.7 Å². The van der Waals surface area contributed by atoms with Crippen LogP contribution in [0.1, 0.15) is 69.8 Å². The van der Waals surface area contributed by atoms with Crippen LogP contribution in [0.5, 0.6) is 0 Å². The second-order valence-corrected chi connectivity index (χ2v) is 15.5. The van der Waals surface area contributed by atoms with E-state index in [1.807, 2.05) is 43.3 Å². The molecule has 4 heterocycles. The van der Waals surface area contributed by atoms with Crippen LogP contribution in [0.25, 0.3) is 33.6 Å². The van der Waals surface area contributed by atoms with E-state index >= 15 is 0 Å². The van der Waals surface area contributed by atoms with Gasteiger partial charge in [-0.05, 0) is 96.2 Å². The van der Waals surface area contributed by atoms with E-state index in [0.717, 1.165) is 77.6 Å². The molecule has 3 amide bonds. The molecule has 3 fully saturated rings. The molecule has 292 valence electrons. The minimum atomic E-state index is -0.654. The molecular weight excluding hydrogens is 705 g/mol. The number of nitrogens with one attached hydrogen (secondary N) is 4. The van der Waals surface area contributed by atoms with Gasteiger partial charge in [-0.2, -0.15) is 0 Å². The topological polar surface area (TPSA) is 158 Å². The van der Waals surface area contributed by atoms with Crippen LogP contribution in [0, 0.1) is 23.7 Å². The van der Waals surface area contributed by atoms with Gasteiger partial charge < -0.3 is 30.2 Å². The first-order valence-electron chi connectivity index (χ1n) is 19.8. The average Bonchev–Trinajstić information content (AvgIpc) is 4.09. The van der Waals surface area contributed by atoms with Crippen LogP contribution in [0.15, 0.2) is 91.8 Å². The lowest BCUT2D eigenvalue weighted by Crippen LogP contribution is -2.51. The molecule has 12 heteroatoms. The quantitative estimate of drug-likeness (QED) is 0.110. The van der Waals surface area contributed by atoms with E-state index in [0.29, 0.717) is 18.4 Å². The largest absolute Gasteiger partial charge is 0.453 e. The van der Waals surface area contributed by atoms with Gasteiger partial charge in [0.25, 0.3) is 0 Å². The molecule has 56 heavy (non-hydrogen) atoms. The van der Waals surface area contributed by atoms with Crippen molar-refractivity contribution in [1.29, 1.82) is 0 Å². The van der Waals surface area contributed by atoms with E-state index in [1.165, 1.54) is 31.9 Å². The zero-order valence-electron chi connectivity index (χ0n) is 32.4. The summed E-state index contributed by atoms with van der Waals surface area (Å²) < 4.78 is 4.72. The summed E-state index contributed by atoms with van der Waals surface area (Å²) in [5, 5.41) is 5.79. The molecule has 2 saturated carbocycles. The third-order valence-electron chi connectivity index (χ3n) is 11.6. The molecule has 5 unspecified atom stereocenters. The first-order chi connectivity index (χ1) is 27.3. The molecule has 2 aromatic carbocycles. The number of benzene rings is 2. The van der Waals surface area contributed by atoms with Gasteiger partial charge in [-0.3, -0.25) is 14.6 Å². The number of hydrogen-bond donors (Lipinski definition) is 4. The third kappa shape index (κ3) is 9.01. The Morgan fingerprint density at radius 2 is 1.55 bits per heavy atom. The molecular formula is C44H52N8O4. The molecule has 1 saturated heterocycles. The van der Waals surface area contributed by atoms with Gasteiger partial charge in [-0.25, -0.2) is 14.8 Å². The van der Waals surface area contributed by atoms with Crippen molar-refractivity contribution in [1.82, 2.24) is 40.5 Å². The fourth-order valence-corrected chi connectivity index (χ4v) is 8.52.